The smallest absolute Gasteiger partial charge is 0.148 e. The van der Waals surface area contributed by atoms with Gasteiger partial charge in [0.05, 0.1) is 4.88 Å². The van der Waals surface area contributed by atoms with Crippen molar-refractivity contribution >= 4 is 22.4 Å². The number of hydrogen-bond donors (Lipinski definition) is 2. The van der Waals surface area contributed by atoms with E-state index >= 15 is 0 Å². The molecule has 0 amide bonds. The van der Waals surface area contributed by atoms with Gasteiger partial charge in [-0.15, -0.1) is 11.3 Å². The van der Waals surface area contributed by atoms with Gasteiger partial charge in [0.1, 0.15) is 22.6 Å². The first-order chi connectivity index (χ1) is 7.34. The van der Waals surface area contributed by atoms with Crippen molar-refractivity contribution in [2.75, 3.05) is 0 Å². The average molecular weight is 215 g/mol. The van der Waals surface area contributed by atoms with Gasteiger partial charge in [-0.2, -0.15) is 0 Å². The zero-order chi connectivity index (χ0) is 10.3. The van der Waals surface area contributed by atoms with Crippen molar-refractivity contribution in [3.05, 3.63) is 35.7 Å². The highest BCUT2D eigenvalue weighted by molar-refractivity contribution is 7.13. The molecule has 0 saturated carbocycles. The number of imidazole rings is 1. The summed E-state index contributed by atoms with van der Waals surface area (Å²) < 4.78 is 0. The third-order valence-electron chi connectivity index (χ3n) is 2.18. The van der Waals surface area contributed by atoms with E-state index in [1.807, 2.05) is 17.5 Å². The molecule has 0 spiro atoms. The first-order valence-corrected chi connectivity index (χ1v) is 5.36. The van der Waals surface area contributed by atoms with Gasteiger partial charge in [0.2, 0.25) is 0 Å². The molecule has 0 atom stereocenters. The van der Waals surface area contributed by atoms with Gasteiger partial charge in [0, 0.05) is 6.07 Å². The third-order valence-corrected chi connectivity index (χ3v) is 3.05. The Labute approximate surface area is 90.0 Å². The van der Waals surface area contributed by atoms with Gasteiger partial charge >= 0.3 is 0 Å². The summed E-state index contributed by atoms with van der Waals surface area (Å²) in [5, 5.41) is 11.6. The summed E-state index contributed by atoms with van der Waals surface area (Å²) >= 11 is 1.61. The molecule has 3 rings (SSSR count). The number of nitrogens with one attached hydrogen (secondary N) is 1. The van der Waals surface area contributed by atoms with E-state index in [2.05, 4.69) is 16.0 Å². The fraction of sp³-hybridized carbons (Fsp3) is 0. The molecule has 0 unspecified atom stereocenters. The molecule has 2 N–H and O–H groups in total. The average Bonchev–Trinajstić information content (AvgIpc) is 2.86. The van der Waals surface area contributed by atoms with Crippen LogP contribution in [0.1, 0.15) is 0 Å². The molecule has 2 aromatic heterocycles. The molecule has 15 heavy (non-hydrogen) atoms. The number of aromatic hydroxyl groups is 1. The molecular formula is C11H7N2OS. The molecule has 0 aliphatic carbocycles. The van der Waals surface area contributed by atoms with E-state index < -0.39 is 0 Å². The number of aromatic nitrogens is 2. The number of fused-ring (bicyclic) bond motifs is 1. The SMILES string of the molecule is Oc1cc[c]c2nc(-c3cccs3)[nH]c12. The van der Waals surface area contributed by atoms with Crippen LogP contribution in [0.4, 0.5) is 0 Å². The van der Waals surface area contributed by atoms with E-state index in [1.54, 1.807) is 23.5 Å². The second-order valence-corrected chi connectivity index (χ2v) is 4.10. The summed E-state index contributed by atoms with van der Waals surface area (Å²) in [7, 11) is 0. The minimum absolute atomic E-state index is 0.207. The maximum atomic E-state index is 9.59. The van der Waals surface area contributed by atoms with Crippen molar-refractivity contribution in [1.29, 1.82) is 0 Å². The first kappa shape index (κ1) is 8.49. The monoisotopic (exact) mass is 215 g/mol. The van der Waals surface area contributed by atoms with E-state index in [1.165, 1.54) is 0 Å². The Balaban J connectivity index is 2.27. The van der Waals surface area contributed by atoms with Gasteiger partial charge in [0.25, 0.3) is 0 Å². The molecule has 73 valence electrons. The lowest BCUT2D eigenvalue weighted by atomic mass is 10.3. The highest BCUT2D eigenvalue weighted by Crippen LogP contribution is 2.27. The number of H-pyrrole nitrogens is 1. The lowest BCUT2D eigenvalue weighted by Crippen LogP contribution is -1.72. The number of hydrogen-bond acceptors (Lipinski definition) is 3. The number of benzene rings is 1. The summed E-state index contributed by atoms with van der Waals surface area (Å²) in [5.74, 6) is 0.983. The molecule has 2 heterocycles. The fourth-order valence-electron chi connectivity index (χ4n) is 1.48. The number of phenolic OH excluding ortho intramolecular Hbond substituents is 1. The van der Waals surface area contributed by atoms with Crippen molar-refractivity contribution < 1.29 is 5.11 Å². The maximum absolute atomic E-state index is 9.59. The summed E-state index contributed by atoms with van der Waals surface area (Å²) in [6.07, 6.45) is 0. The molecule has 0 aliphatic heterocycles. The van der Waals surface area contributed by atoms with Crippen molar-refractivity contribution in [2.24, 2.45) is 0 Å². The molecule has 0 fully saturated rings. The number of phenols is 1. The summed E-state index contributed by atoms with van der Waals surface area (Å²) in [4.78, 5) is 8.49. The predicted octanol–water partition coefficient (Wildman–Crippen LogP) is 2.80. The third kappa shape index (κ3) is 1.30. The summed E-state index contributed by atoms with van der Waals surface area (Å²) in [6.45, 7) is 0. The quantitative estimate of drug-likeness (QED) is 0.655. The number of thiophene rings is 1. The van der Waals surface area contributed by atoms with E-state index in [0.29, 0.717) is 11.0 Å². The van der Waals surface area contributed by atoms with E-state index in [9.17, 15) is 5.11 Å². The zero-order valence-corrected chi connectivity index (χ0v) is 8.51. The van der Waals surface area contributed by atoms with Crippen molar-refractivity contribution in [3.63, 3.8) is 0 Å². The van der Waals surface area contributed by atoms with Gasteiger partial charge in [-0.1, -0.05) is 6.07 Å². The highest BCUT2D eigenvalue weighted by atomic mass is 32.1. The van der Waals surface area contributed by atoms with Crippen LogP contribution in [-0.4, -0.2) is 15.1 Å². The minimum Gasteiger partial charge on any atom is -0.506 e. The second kappa shape index (κ2) is 3.10. The molecule has 3 nitrogen and oxygen atoms in total. The number of nitrogens with zero attached hydrogens (tertiary/aromatic N) is 1. The van der Waals surface area contributed by atoms with Crippen LogP contribution in [0, 0.1) is 6.07 Å². The Morgan fingerprint density at radius 2 is 2.33 bits per heavy atom. The topological polar surface area (TPSA) is 48.9 Å². The van der Waals surface area contributed by atoms with Crippen LogP contribution in [-0.2, 0) is 0 Å². The van der Waals surface area contributed by atoms with Crippen LogP contribution in [0.5, 0.6) is 5.75 Å². The fourth-order valence-corrected chi connectivity index (χ4v) is 2.15. The van der Waals surface area contributed by atoms with E-state index in [0.717, 1.165) is 10.7 Å². The van der Waals surface area contributed by atoms with Crippen LogP contribution < -0.4 is 0 Å². The van der Waals surface area contributed by atoms with Crippen LogP contribution in [0.3, 0.4) is 0 Å². The molecule has 1 radical (unpaired) electrons. The summed E-state index contributed by atoms with van der Waals surface area (Å²) in [5.41, 5.74) is 1.30. The Kier molecular flexibility index (Phi) is 1.76. The van der Waals surface area contributed by atoms with Crippen LogP contribution in [0.2, 0.25) is 0 Å². The number of aromatic amines is 1. The van der Waals surface area contributed by atoms with Gasteiger partial charge in [-0.3, -0.25) is 0 Å². The highest BCUT2D eigenvalue weighted by Gasteiger charge is 2.08. The standard InChI is InChI=1S/C11H7N2OS/c14-8-4-1-3-7-10(8)13-11(12-7)9-5-2-6-15-9/h1-2,4-6,14H,(H,12,13). The van der Waals surface area contributed by atoms with E-state index in [4.69, 9.17) is 0 Å². The minimum atomic E-state index is 0.207. The lowest BCUT2D eigenvalue weighted by Gasteiger charge is -1.90. The second-order valence-electron chi connectivity index (χ2n) is 3.15. The molecule has 0 bridgehead atoms. The zero-order valence-electron chi connectivity index (χ0n) is 7.69. The van der Waals surface area contributed by atoms with Crippen molar-refractivity contribution in [3.8, 4) is 16.5 Å². The molecule has 3 aromatic rings. The Hall–Kier alpha value is -1.81. The largest absolute Gasteiger partial charge is 0.506 e. The molecule has 0 aliphatic rings. The van der Waals surface area contributed by atoms with Crippen LogP contribution >= 0.6 is 11.3 Å². The molecule has 4 heteroatoms. The van der Waals surface area contributed by atoms with Crippen molar-refractivity contribution in [1.82, 2.24) is 9.97 Å². The van der Waals surface area contributed by atoms with Gasteiger partial charge in [0.15, 0.2) is 0 Å². The van der Waals surface area contributed by atoms with Crippen LogP contribution in [0.15, 0.2) is 29.6 Å². The maximum Gasteiger partial charge on any atom is 0.148 e. The Morgan fingerprint density at radius 3 is 3.07 bits per heavy atom. The van der Waals surface area contributed by atoms with Gasteiger partial charge < -0.3 is 10.1 Å². The predicted molar refractivity (Wildman–Crippen MR) is 59.9 cm³/mol. The Bertz CT molecular complexity index is 598. The normalized spacial score (nSPS) is 10.9. The van der Waals surface area contributed by atoms with Gasteiger partial charge in [-0.25, -0.2) is 4.98 Å². The lowest BCUT2D eigenvalue weighted by molar-refractivity contribution is 0.480. The summed E-state index contributed by atoms with van der Waals surface area (Å²) in [6, 6.07) is 10.2. The Morgan fingerprint density at radius 1 is 1.40 bits per heavy atom. The van der Waals surface area contributed by atoms with Crippen LogP contribution in [0.25, 0.3) is 21.7 Å². The number of rotatable bonds is 1. The van der Waals surface area contributed by atoms with E-state index in [-0.39, 0.29) is 5.75 Å². The van der Waals surface area contributed by atoms with Gasteiger partial charge in [-0.05, 0) is 23.6 Å². The first-order valence-electron chi connectivity index (χ1n) is 4.48. The van der Waals surface area contributed by atoms with Crippen molar-refractivity contribution in [2.45, 2.75) is 0 Å². The molecule has 0 saturated heterocycles. The molecule has 1 aromatic carbocycles. The molecular weight excluding hydrogens is 208 g/mol.